The van der Waals surface area contributed by atoms with Crippen LogP contribution in [0.5, 0.6) is 5.75 Å². The van der Waals surface area contributed by atoms with Gasteiger partial charge in [-0.1, -0.05) is 30.6 Å². The number of aliphatic imine (C=N–C) groups is 1. The maximum atomic E-state index is 8.78. The number of nitriles is 1. The fourth-order valence-electron chi connectivity index (χ4n) is 2.70. The molecule has 0 amide bonds. The Bertz CT molecular complexity index is 618. The molecule has 122 valence electrons. The van der Waals surface area contributed by atoms with Gasteiger partial charge in [-0.3, -0.25) is 0 Å². The van der Waals surface area contributed by atoms with Crippen LogP contribution in [0.4, 0.5) is 5.69 Å². The number of amidine groups is 1. The van der Waals surface area contributed by atoms with Crippen LogP contribution in [0, 0.1) is 11.3 Å². The summed E-state index contributed by atoms with van der Waals surface area (Å²) >= 11 is 0. The number of ether oxygens (including phenoxy) is 1. The summed E-state index contributed by atoms with van der Waals surface area (Å²) in [6.45, 7) is 5.65. The summed E-state index contributed by atoms with van der Waals surface area (Å²) in [7, 11) is 0. The molecule has 0 saturated heterocycles. The fraction of sp³-hybridized carbons (Fsp3) is 0.500. The minimum atomic E-state index is 0.344. The average molecular weight is 313 g/mol. The molecule has 1 aromatic carbocycles. The van der Waals surface area contributed by atoms with Crippen molar-refractivity contribution in [2.75, 3.05) is 13.2 Å². The Morgan fingerprint density at radius 2 is 2.04 bits per heavy atom. The van der Waals surface area contributed by atoms with Crippen LogP contribution in [0.2, 0.25) is 0 Å². The number of para-hydroxylation sites is 2. The van der Waals surface area contributed by atoms with E-state index in [0.717, 1.165) is 43.1 Å². The summed E-state index contributed by atoms with van der Waals surface area (Å²) in [4.78, 5) is 4.47. The predicted molar refractivity (Wildman–Crippen MR) is 94.6 cm³/mol. The van der Waals surface area contributed by atoms with Gasteiger partial charge >= 0.3 is 0 Å². The van der Waals surface area contributed by atoms with Crippen molar-refractivity contribution in [3.8, 4) is 11.8 Å². The first kappa shape index (κ1) is 17.2. The molecule has 0 spiro atoms. The number of rotatable bonds is 9. The topological polar surface area (TPSA) is 57.7 Å². The number of hydrogen-bond acceptors (Lipinski definition) is 4. The largest absolute Gasteiger partial charge is 0.488 e. The summed E-state index contributed by atoms with van der Waals surface area (Å²) in [5.74, 6) is 1.59. The van der Waals surface area contributed by atoms with Gasteiger partial charge in [0.2, 0.25) is 12.0 Å². The summed E-state index contributed by atoms with van der Waals surface area (Å²) in [6.07, 6.45) is 6.32. The molecule has 1 aliphatic rings. The first-order chi connectivity index (χ1) is 11.3. The lowest BCUT2D eigenvalue weighted by molar-refractivity contribution is 0.326. The van der Waals surface area contributed by atoms with Crippen LogP contribution >= 0.6 is 0 Å². The molecule has 2 rings (SSSR count). The Labute approximate surface area is 138 Å². The molecule has 1 atom stereocenters. The molecule has 0 N–H and O–H groups in total. The Balaban J connectivity index is 2.34. The number of nitrogens with zero attached hydrogens (tertiary/aromatic N) is 4. The second kappa shape index (κ2) is 8.44. The van der Waals surface area contributed by atoms with Crippen LogP contribution in [0.25, 0.3) is 0 Å². The van der Waals surface area contributed by atoms with Gasteiger partial charge < -0.3 is 4.74 Å². The molecule has 0 fully saturated rings. The molecule has 0 aromatic heterocycles. The molecule has 0 bridgehead atoms. The van der Waals surface area contributed by atoms with Crippen LogP contribution in [-0.4, -0.2) is 25.3 Å². The van der Waals surface area contributed by atoms with Gasteiger partial charge in [-0.2, -0.15) is 10.3 Å². The third-order valence-corrected chi connectivity index (χ3v) is 3.84. The Kier molecular flexibility index (Phi) is 6.30. The van der Waals surface area contributed by atoms with Crippen LogP contribution in [0.1, 0.15) is 46.0 Å². The minimum Gasteiger partial charge on any atom is -0.488 e. The van der Waals surface area contributed by atoms with E-state index in [1.54, 1.807) is 0 Å². The number of quaternary nitrogens is 1. The van der Waals surface area contributed by atoms with Gasteiger partial charge in [0, 0.05) is 18.9 Å². The van der Waals surface area contributed by atoms with Crippen LogP contribution in [-0.2, 0) is 0 Å². The SMILES string of the molecule is CCCCC[N+]1(c2ccccc2OCC)C=NC(CCC#N)=N1. The number of hydrogen-bond donors (Lipinski definition) is 0. The average Bonchev–Trinajstić information content (AvgIpc) is 2.98. The second-order valence-corrected chi connectivity index (χ2v) is 5.58. The van der Waals surface area contributed by atoms with Crippen LogP contribution in [0.15, 0.2) is 34.4 Å². The quantitative estimate of drug-likeness (QED) is 0.505. The van der Waals surface area contributed by atoms with Crippen molar-refractivity contribution in [3.05, 3.63) is 24.3 Å². The highest BCUT2D eigenvalue weighted by Crippen LogP contribution is 2.35. The molecule has 0 aliphatic carbocycles. The predicted octanol–water partition coefficient (Wildman–Crippen LogP) is 4.24. The van der Waals surface area contributed by atoms with E-state index < -0.39 is 0 Å². The minimum absolute atomic E-state index is 0.344. The Hall–Kier alpha value is -2.19. The van der Waals surface area contributed by atoms with E-state index in [0.29, 0.717) is 24.0 Å². The monoisotopic (exact) mass is 313 g/mol. The highest BCUT2D eigenvalue weighted by atomic mass is 16.5. The lowest BCUT2D eigenvalue weighted by Gasteiger charge is -2.25. The Morgan fingerprint density at radius 1 is 1.22 bits per heavy atom. The van der Waals surface area contributed by atoms with Crippen molar-refractivity contribution < 1.29 is 4.74 Å². The molecule has 0 radical (unpaired) electrons. The lowest BCUT2D eigenvalue weighted by atomic mass is 10.2. The molecule has 1 heterocycles. The summed E-state index contributed by atoms with van der Waals surface area (Å²) in [5.41, 5.74) is 1.01. The van der Waals surface area contributed by atoms with Crippen molar-refractivity contribution in [2.24, 2.45) is 10.1 Å². The van der Waals surface area contributed by atoms with Crippen LogP contribution in [0.3, 0.4) is 0 Å². The smallest absolute Gasteiger partial charge is 0.224 e. The number of benzene rings is 1. The molecule has 5 heteroatoms. The van der Waals surface area contributed by atoms with E-state index >= 15 is 0 Å². The highest BCUT2D eigenvalue weighted by Gasteiger charge is 2.37. The van der Waals surface area contributed by atoms with E-state index in [-0.39, 0.29) is 0 Å². The Morgan fingerprint density at radius 3 is 2.78 bits per heavy atom. The third kappa shape index (κ3) is 4.17. The summed E-state index contributed by atoms with van der Waals surface area (Å²) in [5, 5.41) is 13.6. The highest BCUT2D eigenvalue weighted by molar-refractivity contribution is 5.97. The van der Waals surface area contributed by atoms with Crippen molar-refractivity contribution in [3.63, 3.8) is 0 Å². The zero-order valence-electron chi connectivity index (χ0n) is 14.0. The van der Waals surface area contributed by atoms with Gasteiger partial charge in [0.15, 0.2) is 11.6 Å². The fourth-order valence-corrected chi connectivity index (χ4v) is 2.70. The standard InChI is InChI=1S/C18H25N4O/c1-3-5-8-14-22(15-20-18(21-22)12-9-13-19)16-10-6-7-11-17(16)23-4-2/h6-7,10-11,15H,3-5,8-9,12,14H2,1-2H3/q+1. The summed E-state index contributed by atoms with van der Waals surface area (Å²) < 4.78 is 6.14. The van der Waals surface area contributed by atoms with Gasteiger partial charge in [0.1, 0.15) is 6.54 Å². The molecule has 1 unspecified atom stereocenters. The maximum absolute atomic E-state index is 8.78. The maximum Gasteiger partial charge on any atom is 0.224 e. The second-order valence-electron chi connectivity index (χ2n) is 5.58. The zero-order chi connectivity index (χ0) is 16.5. The van der Waals surface area contributed by atoms with Gasteiger partial charge in [-0.05, 0) is 25.8 Å². The van der Waals surface area contributed by atoms with Gasteiger partial charge in [0.05, 0.1) is 12.7 Å². The first-order valence-corrected chi connectivity index (χ1v) is 8.37. The van der Waals surface area contributed by atoms with Crippen molar-refractivity contribution >= 4 is 17.9 Å². The van der Waals surface area contributed by atoms with Gasteiger partial charge in [-0.15, -0.1) is 4.59 Å². The zero-order valence-corrected chi connectivity index (χ0v) is 14.0. The molecule has 1 aliphatic heterocycles. The summed E-state index contributed by atoms with van der Waals surface area (Å²) in [6, 6.07) is 10.2. The van der Waals surface area contributed by atoms with Crippen molar-refractivity contribution in [2.45, 2.75) is 46.0 Å². The van der Waals surface area contributed by atoms with E-state index in [1.807, 2.05) is 31.5 Å². The molecule has 1 aromatic rings. The molecule has 5 nitrogen and oxygen atoms in total. The van der Waals surface area contributed by atoms with Crippen molar-refractivity contribution in [1.29, 1.82) is 5.26 Å². The van der Waals surface area contributed by atoms with E-state index in [9.17, 15) is 0 Å². The van der Waals surface area contributed by atoms with E-state index in [2.05, 4.69) is 24.1 Å². The van der Waals surface area contributed by atoms with Gasteiger partial charge in [-0.25, -0.2) is 0 Å². The normalized spacial score (nSPS) is 19.4. The van der Waals surface area contributed by atoms with E-state index in [1.165, 1.54) is 0 Å². The van der Waals surface area contributed by atoms with Gasteiger partial charge in [0.25, 0.3) is 0 Å². The van der Waals surface area contributed by atoms with Crippen LogP contribution < -0.4 is 9.33 Å². The van der Waals surface area contributed by atoms with Crippen molar-refractivity contribution in [1.82, 2.24) is 4.59 Å². The lowest BCUT2D eigenvalue weighted by Crippen LogP contribution is -2.42. The molecular weight excluding hydrogens is 288 g/mol. The molecular formula is C18H25N4O+. The first-order valence-electron chi connectivity index (χ1n) is 8.37. The third-order valence-electron chi connectivity index (χ3n) is 3.84. The molecule has 23 heavy (non-hydrogen) atoms. The molecule has 0 saturated carbocycles. The van der Waals surface area contributed by atoms with E-state index in [4.69, 9.17) is 15.1 Å². The number of unbranched alkanes of at least 4 members (excludes halogenated alkanes) is 2.